The Morgan fingerprint density at radius 2 is 2.00 bits per heavy atom. The molecule has 2 atom stereocenters. The number of aromatic nitrogens is 1. The van der Waals surface area contributed by atoms with Gasteiger partial charge in [-0.05, 0) is 36.8 Å². The maximum atomic E-state index is 2.35. The van der Waals surface area contributed by atoms with Crippen molar-refractivity contribution in [1.29, 1.82) is 0 Å². The smallest absolute Gasteiger partial charge is 0.0363 e. The van der Waals surface area contributed by atoms with Crippen LogP contribution in [-0.4, -0.2) is 4.57 Å². The molecule has 1 aromatic heterocycles. The number of hydrogen-bond donors (Lipinski definition) is 0. The van der Waals surface area contributed by atoms with E-state index in [1.165, 1.54) is 12.8 Å². The van der Waals surface area contributed by atoms with E-state index in [-0.39, 0.29) is 0 Å². The Morgan fingerprint density at radius 3 is 2.58 bits per heavy atom. The molecule has 1 aromatic rings. The van der Waals surface area contributed by atoms with Gasteiger partial charge in [0.2, 0.25) is 0 Å². The largest absolute Gasteiger partial charge is 0.351 e. The standard InChI is InChI=1S/C11H17N/c1-9(2)7-10-8-11(10)12-5-3-4-6-12/h3-6,9-11H,7-8H2,1-2H3. The molecule has 2 rings (SSSR count). The number of nitrogens with zero attached hydrogens (tertiary/aromatic N) is 1. The van der Waals surface area contributed by atoms with Crippen LogP contribution in [0.25, 0.3) is 0 Å². The molecule has 0 aliphatic heterocycles. The molecule has 1 heteroatoms. The Morgan fingerprint density at radius 1 is 1.33 bits per heavy atom. The van der Waals surface area contributed by atoms with Crippen molar-refractivity contribution in [1.82, 2.24) is 4.57 Å². The van der Waals surface area contributed by atoms with Crippen LogP contribution in [0.1, 0.15) is 32.7 Å². The fraction of sp³-hybridized carbons (Fsp3) is 0.636. The highest BCUT2D eigenvalue weighted by atomic mass is 15.0. The Kier molecular flexibility index (Phi) is 1.95. The average Bonchev–Trinajstić information content (AvgIpc) is 2.59. The van der Waals surface area contributed by atoms with Crippen LogP contribution in [-0.2, 0) is 0 Å². The highest BCUT2D eigenvalue weighted by Gasteiger charge is 2.37. The van der Waals surface area contributed by atoms with Gasteiger partial charge >= 0.3 is 0 Å². The van der Waals surface area contributed by atoms with E-state index in [2.05, 4.69) is 42.9 Å². The van der Waals surface area contributed by atoms with Crippen LogP contribution < -0.4 is 0 Å². The fourth-order valence-electron chi connectivity index (χ4n) is 2.02. The molecule has 1 aliphatic rings. The quantitative estimate of drug-likeness (QED) is 0.645. The second-order valence-corrected chi connectivity index (χ2v) is 4.32. The molecule has 1 nitrogen and oxygen atoms in total. The monoisotopic (exact) mass is 163 g/mol. The number of hydrogen-bond acceptors (Lipinski definition) is 0. The zero-order valence-corrected chi connectivity index (χ0v) is 7.90. The third kappa shape index (κ3) is 1.55. The lowest BCUT2D eigenvalue weighted by molar-refractivity contribution is 0.507. The summed E-state index contributed by atoms with van der Waals surface area (Å²) in [5.41, 5.74) is 0. The molecule has 66 valence electrons. The average molecular weight is 163 g/mol. The van der Waals surface area contributed by atoms with Gasteiger partial charge < -0.3 is 4.57 Å². The van der Waals surface area contributed by atoms with E-state index < -0.39 is 0 Å². The summed E-state index contributed by atoms with van der Waals surface area (Å²) in [5.74, 6) is 1.81. The van der Waals surface area contributed by atoms with Gasteiger partial charge in [0, 0.05) is 18.4 Å². The van der Waals surface area contributed by atoms with Crippen molar-refractivity contribution >= 4 is 0 Å². The highest BCUT2D eigenvalue weighted by molar-refractivity contribution is 5.00. The number of rotatable bonds is 3. The van der Waals surface area contributed by atoms with Gasteiger partial charge in [-0.25, -0.2) is 0 Å². The molecule has 1 heterocycles. The molecule has 0 bridgehead atoms. The van der Waals surface area contributed by atoms with E-state index in [0.717, 1.165) is 17.9 Å². The third-order valence-electron chi connectivity index (χ3n) is 2.67. The molecular weight excluding hydrogens is 146 g/mol. The fourth-order valence-corrected chi connectivity index (χ4v) is 2.02. The first kappa shape index (κ1) is 7.90. The summed E-state index contributed by atoms with van der Waals surface area (Å²) in [7, 11) is 0. The lowest BCUT2D eigenvalue weighted by Crippen LogP contribution is -1.95. The molecule has 0 saturated heterocycles. The van der Waals surface area contributed by atoms with E-state index in [4.69, 9.17) is 0 Å². The Hall–Kier alpha value is -0.720. The molecule has 0 aromatic carbocycles. The van der Waals surface area contributed by atoms with Crippen molar-refractivity contribution < 1.29 is 0 Å². The van der Waals surface area contributed by atoms with Crippen molar-refractivity contribution in [3.8, 4) is 0 Å². The van der Waals surface area contributed by atoms with Gasteiger partial charge in [-0.3, -0.25) is 0 Å². The first-order chi connectivity index (χ1) is 5.77. The van der Waals surface area contributed by atoms with E-state index in [0.29, 0.717) is 0 Å². The first-order valence-corrected chi connectivity index (χ1v) is 4.90. The van der Waals surface area contributed by atoms with Crippen LogP contribution in [0.15, 0.2) is 24.5 Å². The molecule has 1 aliphatic carbocycles. The minimum Gasteiger partial charge on any atom is -0.351 e. The summed E-state index contributed by atoms with van der Waals surface area (Å²) in [6, 6.07) is 5.05. The van der Waals surface area contributed by atoms with Gasteiger partial charge in [-0.1, -0.05) is 13.8 Å². The molecule has 2 unspecified atom stereocenters. The van der Waals surface area contributed by atoms with Crippen molar-refractivity contribution in [3.63, 3.8) is 0 Å². The molecule has 0 N–H and O–H groups in total. The third-order valence-corrected chi connectivity index (χ3v) is 2.67. The first-order valence-electron chi connectivity index (χ1n) is 4.90. The van der Waals surface area contributed by atoms with E-state index in [1.54, 1.807) is 0 Å². The summed E-state index contributed by atoms with van der Waals surface area (Å²) in [5, 5.41) is 0. The second-order valence-electron chi connectivity index (χ2n) is 4.32. The van der Waals surface area contributed by atoms with E-state index in [1.807, 2.05) is 0 Å². The predicted octanol–water partition coefficient (Wildman–Crippen LogP) is 3.10. The summed E-state index contributed by atoms with van der Waals surface area (Å²) in [6.07, 6.45) is 7.16. The molecule has 0 spiro atoms. The van der Waals surface area contributed by atoms with Crippen molar-refractivity contribution in [2.75, 3.05) is 0 Å². The zero-order chi connectivity index (χ0) is 8.55. The lowest BCUT2D eigenvalue weighted by Gasteiger charge is -2.04. The molecule has 1 saturated carbocycles. The molecular formula is C11H17N. The summed E-state index contributed by atoms with van der Waals surface area (Å²) >= 11 is 0. The molecule has 0 radical (unpaired) electrons. The SMILES string of the molecule is CC(C)CC1CC1n1cccc1. The van der Waals surface area contributed by atoms with Gasteiger partial charge in [0.05, 0.1) is 0 Å². The molecule has 0 amide bonds. The van der Waals surface area contributed by atoms with Crippen LogP contribution in [0.2, 0.25) is 0 Å². The van der Waals surface area contributed by atoms with E-state index in [9.17, 15) is 0 Å². The van der Waals surface area contributed by atoms with Gasteiger partial charge in [0.1, 0.15) is 0 Å². The minimum atomic E-state index is 0.822. The van der Waals surface area contributed by atoms with Gasteiger partial charge in [0.15, 0.2) is 0 Å². The molecule has 12 heavy (non-hydrogen) atoms. The maximum Gasteiger partial charge on any atom is 0.0363 e. The minimum absolute atomic E-state index is 0.822. The maximum absolute atomic E-state index is 2.35. The van der Waals surface area contributed by atoms with Crippen molar-refractivity contribution in [2.24, 2.45) is 11.8 Å². The van der Waals surface area contributed by atoms with Gasteiger partial charge in [0.25, 0.3) is 0 Å². The highest BCUT2D eigenvalue weighted by Crippen LogP contribution is 2.47. The van der Waals surface area contributed by atoms with E-state index >= 15 is 0 Å². The van der Waals surface area contributed by atoms with Crippen LogP contribution >= 0.6 is 0 Å². The Labute approximate surface area is 74.4 Å². The normalized spacial score (nSPS) is 27.9. The van der Waals surface area contributed by atoms with Crippen LogP contribution in [0.4, 0.5) is 0 Å². The van der Waals surface area contributed by atoms with Crippen molar-refractivity contribution in [3.05, 3.63) is 24.5 Å². The van der Waals surface area contributed by atoms with Crippen molar-refractivity contribution in [2.45, 2.75) is 32.7 Å². The predicted molar refractivity (Wildman–Crippen MR) is 51.0 cm³/mol. The zero-order valence-electron chi connectivity index (χ0n) is 7.90. The summed E-state index contributed by atoms with van der Waals surface area (Å²) in [6.45, 7) is 4.62. The van der Waals surface area contributed by atoms with Gasteiger partial charge in [-0.2, -0.15) is 0 Å². The Balaban J connectivity index is 1.88. The molecule has 1 fully saturated rings. The summed E-state index contributed by atoms with van der Waals surface area (Å²) < 4.78 is 2.35. The van der Waals surface area contributed by atoms with Gasteiger partial charge in [-0.15, -0.1) is 0 Å². The van der Waals surface area contributed by atoms with Crippen LogP contribution in [0, 0.1) is 11.8 Å². The second kappa shape index (κ2) is 2.96. The van der Waals surface area contributed by atoms with Crippen LogP contribution in [0.5, 0.6) is 0 Å². The summed E-state index contributed by atoms with van der Waals surface area (Å²) in [4.78, 5) is 0. The topological polar surface area (TPSA) is 4.93 Å². The van der Waals surface area contributed by atoms with Crippen LogP contribution in [0.3, 0.4) is 0 Å². The lowest BCUT2D eigenvalue weighted by atomic mass is 10.1. The Bertz CT molecular complexity index is 236.